The Morgan fingerprint density at radius 1 is 1.21 bits per heavy atom. The van der Waals surface area contributed by atoms with Gasteiger partial charge in [-0.2, -0.15) is 0 Å². The van der Waals surface area contributed by atoms with Gasteiger partial charge in [-0.1, -0.05) is 55.3 Å². The molecule has 0 saturated heterocycles. The molecule has 4 heteroatoms. The van der Waals surface area contributed by atoms with Crippen molar-refractivity contribution < 1.29 is 9.84 Å². The van der Waals surface area contributed by atoms with Gasteiger partial charge in [-0.3, -0.25) is 0 Å². The minimum atomic E-state index is -0.543. The van der Waals surface area contributed by atoms with E-state index in [4.69, 9.17) is 27.9 Å². The molecule has 106 valence electrons. The van der Waals surface area contributed by atoms with Crippen molar-refractivity contribution in [2.24, 2.45) is 5.92 Å². The number of hydrogen-bond donors (Lipinski definition) is 1. The third kappa shape index (κ3) is 3.77. The molecule has 0 bridgehead atoms. The van der Waals surface area contributed by atoms with E-state index < -0.39 is 6.10 Å². The minimum Gasteiger partial charge on any atom is -0.495 e. The second kappa shape index (κ2) is 6.83. The van der Waals surface area contributed by atoms with E-state index in [1.807, 2.05) is 0 Å². The van der Waals surface area contributed by atoms with Gasteiger partial charge in [0.15, 0.2) is 0 Å². The van der Waals surface area contributed by atoms with Crippen molar-refractivity contribution >= 4 is 23.2 Å². The van der Waals surface area contributed by atoms with Crippen LogP contribution in [-0.2, 0) is 0 Å². The Morgan fingerprint density at radius 2 is 1.89 bits per heavy atom. The summed E-state index contributed by atoms with van der Waals surface area (Å²) in [4.78, 5) is 0. The molecule has 1 saturated carbocycles. The summed E-state index contributed by atoms with van der Waals surface area (Å²) in [5.41, 5.74) is 0.707. The van der Waals surface area contributed by atoms with Crippen molar-refractivity contribution in [3.05, 3.63) is 27.7 Å². The molecule has 1 aliphatic carbocycles. The van der Waals surface area contributed by atoms with E-state index in [2.05, 4.69) is 0 Å². The van der Waals surface area contributed by atoms with E-state index in [0.717, 1.165) is 6.42 Å². The molecule has 0 aliphatic heterocycles. The summed E-state index contributed by atoms with van der Waals surface area (Å²) in [6.07, 6.45) is 6.50. The summed E-state index contributed by atoms with van der Waals surface area (Å²) in [7, 11) is 1.55. The Hall–Kier alpha value is -0.440. The number of aliphatic hydroxyl groups excluding tert-OH is 1. The van der Waals surface area contributed by atoms with Crippen LogP contribution in [0, 0.1) is 5.92 Å². The smallest absolute Gasteiger partial charge is 0.138 e. The van der Waals surface area contributed by atoms with Gasteiger partial charge in [0.05, 0.1) is 23.3 Å². The highest BCUT2D eigenvalue weighted by Crippen LogP contribution is 2.38. The maximum absolute atomic E-state index is 10.4. The molecule has 1 aromatic rings. The van der Waals surface area contributed by atoms with Crippen LogP contribution in [0.5, 0.6) is 5.75 Å². The van der Waals surface area contributed by atoms with Gasteiger partial charge < -0.3 is 9.84 Å². The zero-order valence-corrected chi connectivity index (χ0v) is 12.7. The first-order valence-corrected chi connectivity index (χ1v) is 7.58. The lowest BCUT2D eigenvalue weighted by Gasteiger charge is -2.24. The Bertz CT molecular complexity index is 428. The summed E-state index contributed by atoms with van der Waals surface area (Å²) < 4.78 is 5.11. The maximum Gasteiger partial charge on any atom is 0.138 e. The van der Waals surface area contributed by atoms with Crippen molar-refractivity contribution in [2.75, 3.05) is 7.11 Å². The van der Waals surface area contributed by atoms with Crippen molar-refractivity contribution in [2.45, 2.75) is 44.6 Å². The minimum absolute atomic E-state index is 0.490. The summed E-state index contributed by atoms with van der Waals surface area (Å²) in [6.45, 7) is 0. The molecule has 1 aromatic carbocycles. The fraction of sp³-hybridized carbons (Fsp3) is 0.600. The van der Waals surface area contributed by atoms with E-state index in [1.165, 1.54) is 32.1 Å². The molecule has 1 unspecified atom stereocenters. The van der Waals surface area contributed by atoms with E-state index in [1.54, 1.807) is 19.2 Å². The van der Waals surface area contributed by atoms with Gasteiger partial charge in [0.1, 0.15) is 5.75 Å². The van der Waals surface area contributed by atoms with Gasteiger partial charge >= 0.3 is 0 Å². The quantitative estimate of drug-likeness (QED) is 0.847. The summed E-state index contributed by atoms with van der Waals surface area (Å²) in [5.74, 6) is 1.14. The van der Waals surface area contributed by atoms with Gasteiger partial charge in [-0.05, 0) is 18.4 Å². The number of ether oxygens (including phenoxy) is 1. The SMILES string of the molecule is COc1cc(Cl)c(C(O)CC2CCCCC2)cc1Cl. The van der Waals surface area contributed by atoms with Gasteiger partial charge in [0, 0.05) is 11.6 Å². The molecule has 1 atom stereocenters. The van der Waals surface area contributed by atoms with Gasteiger partial charge in [0.2, 0.25) is 0 Å². The molecule has 0 heterocycles. The van der Waals surface area contributed by atoms with Crippen molar-refractivity contribution in [1.82, 2.24) is 0 Å². The van der Waals surface area contributed by atoms with Gasteiger partial charge in [-0.25, -0.2) is 0 Å². The lowest BCUT2D eigenvalue weighted by Crippen LogP contribution is -2.11. The zero-order chi connectivity index (χ0) is 13.8. The highest BCUT2D eigenvalue weighted by molar-refractivity contribution is 6.34. The molecule has 0 aromatic heterocycles. The molecule has 0 radical (unpaired) electrons. The summed E-state index contributed by atoms with van der Waals surface area (Å²) in [6, 6.07) is 3.39. The molecule has 19 heavy (non-hydrogen) atoms. The highest BCUT2D eigenvalue weighted by Gasteiger charge is 2.21. The third-order valence-corrected chi connectivity index (χ3v) is 4.53. The Kier molecular flexibility index (Phi) is 5.37. The standard InChI is InChI=1S/C15H20Cl2O2/c1-19-15-9-12(16)11(8-13(15)17)14(18)7-10-5-3-2-4-6-10/h8-10,14,18H,2-7H2,1H3. The molecule has 0 amide bonds. The first-order valence-electron chi connectivity index (χ1n) is 6.82. The molecule has 1 fully saturated rings. The third-order valence-electron chi connectivity index (χ3n) is 3.91. The lowest BCUT2D eigenvalue weighted by molar-refractivity contribution is 0.131. The van der Waals surface area contributed by atoms with E-state index in [9.17, 15) is 5.11 Å². The average molecular weight is 303 g/mol. The van der Waals surface area contributed by atoms with E-state index in [-0.39, 0.29) is 0 Å². The summed E-state index contributed by atoms with van der Waals surface area (Å²) in [5, 5.41) is 11.4. The maximum atomic E-state index is 10.4. The second-order valence-corrected chi connectivity index (χ2v) is 6.08. The van der Waals surface area contributed by atoms with E-state index in [0.29, 0.717) is 27.3 Å². The number of benzene rings is 1. The lowest BCUT2D eigenvalue weighted by atomic mass is 9.84. The largest absolute Gasteiger partial charge is 0.495 e. The van der Waals surface area contributed by atoms with Crippen LogP contribution < -0.4 is 4.74 Å². The first kappa shape index (κ1) is 15.0. The highest BCUT2D eigenvalue weighted by atomic mass is 35.5. The number of rotatable bonds is 4. The molecular weight excluding hydrogens is 283 g/mol. The molecule has 1 N–H and O–H groups in total. The monoisotopic (exact) mass is 302 g/mol. The van der Waals surface area contributed by atoms with Crippen LogP contribution in [0.2, 0.25) is 10.0 Å². The van der Waals surface area contributed by atoms with Crippen LogP contribution in [0.4, 0.5) is 0 Å². The molecule has 0 spiro atoms. The van der Waals surface area contributed by atoms with Crippen LogP contribution in [0.3, 0.4) is 0 Å². The Balaban J connectivity index is 2.09. The van der Waals surface area contributed by atoms with Crippen LogP contribution in [-0.4, -0.2) is 12.2 Å². The molecule has 2 rings (SSSR count). The van der Waals surface area contributed by atoms with Gasteiger partial charge in [0.25, 0.3) is 0 Å². The second-order valence-electron chi connectivity index (χ2n) is 5.26. The van der Waals surface area contributed by atoms with Crippen LogP contribution in [0.25, 0.3) is 0 Å². The van der Waals surface area contributed by atoms with Crippen molar-refractivity contribution in [3.63, 3.8) is 0 Å². The van der Waals surface area contributed by atoms with Crippen LogP contribution in [0.1, 0.15) is 50.2 Å². The van der Waals surface area contributed by atoms with Crippen molar-refractivity contribution in [1.29, 1.82) is 0 Å². The number of methoxy groups -OCH3 is 1. The summed E-state index contributed by atoms with van der Waals surface area (Å²) >= 11 is 12.3. The predicted molar refractivity (Wildman–Crippen MR) is 79.2 cm³/mol. The molecule has 1 aliphatic rings. The topological polar surface area (TPSA) is 29.5 Å². The number of halogens is 2. The Morgan fingerprint density at radius 3 is 2.53 bits per heavy atom. The van der Waals surface area contributed by atoms with Gasteiger partial charge in [-0.15, -0.1) is 0 Å². The number of hydrogen-bond acceptors (Lipinski definition) is 2. The molecule has 2 nitrogen and oxygen atoms in total. The zero-order valence-electron chi connectivity index (χ0n) is 11.2. The van der Waals surface area contributed by atoms with Crippen LogP contribution >= 0.6 is 23.2 Å². The normalized spacial score (nSPS) is 18.3. The molecular formula is C15H20Cl2O2. The van der Waals surface area contributed by atoms with E-state index >= 15 is 0 Å². The fourth-order valence-electron chi connectivity index (χ4n) is 2.82. The first-order chi connectivity index (χ1) is 9.11. The number of aliphatic hydroxyl groups is 1. The van der Waals surface area contributed by atoms with Crippen LogP contribution in [0.15, 0.2) is 12.1 Å². The Labute approximate surface area is 124 Å². The average Bonchev–Trinajstić information content (AvgIpc) is 2.42. The van der Waals surface area contributed by atoms with Crippen molar-refractivity contribution in [3.8, 4) is 5.75 Å². The fourth-order valence-corrected chi connectivity index (χ4v) is 3.35. The predicted octanol–water partition coefficient (Wildman–Crippen LogP) is 5.01.